The molecule has 2 heterocycles. The highest BCUT2D eigenvalue weighted by Crippen LogP contribution is 2.24. The van der Waals surface area contributed by atoms with E-state index >= 15 is 0 Å². The number of rotatable bonds is 2. The van der Waals surface area contributed by atoms with Gasteiger partial charge in [-0.25, -0.2) is 0 Å². The van der Waals surface area contributed by atoms with Gasteiger partial charge in [-0.05, 0) is 18.1 Å². The number of fused-ring (bicyclic) bond motifs is 1. The summed E-state index contributed by atoms with van der Waals surface area (Å²) < 4.78 is 1.65. The van der Waals surface area contributed by atoms with Gasteiger partial charge in [0.05, 0.1) is 12.1 Å². The Morgan fingerprint density at radius 1 is 1.42 bits per heavy atom. The fraction of sp³-hybridized carbons (Fsp3) is 0.286. The first-order valence-corrected chi connectivity index (χ1v) is 6.34. The summed E-state index contributed by atoms with van der Waals surface area (Å²) >= 11 is 0. The predicted octanol–water partition coefficient (Wildman–Crippen LogP) is 1.64. The van der Waals surface area contributed by atoms with Crippen molar-refractivity contribution in [1.82, 2.24) is 9.78 Å². The van der Waals surface area contributed by atoms with Gasteiger partial charge >= 0.3 is 0 Å². The molecule has 1 atom stereocenters. The number of benzene rings is 1. The minimum atomic E-state index is -0.0511. The third-order valence-corrected chi connectivity index (χ3v) is 3.47. The van der Waals surface area contributed by atoms with Gasteiger partial charge in [0.1, 0.15) is 5.82 Å². The van der Waals surface area contributed by atoms with Crippen molar-refractivity contribution in [1.29, 1.82) is 0 Å². The quantitative estimate of drug-likeness (QED) is 0.858. The zero-order valence-electron chi connectivity index (χ0n) is 10.8. The molecular weight excluding hydrogens is 240 g/mol. The van der Waals surface area contributed by atoms with E-state index in [9.17, 15) is 4.79 Å². The van der Waals surface area contributed by atoms with Crippen LogP contribution in [-0.4, -0.2) is 22.2 Å². The van der Waals surface area contributed by atoms with Crippen LogP contribution in [0.15, 0.2) is 36.5 Å². The van der Waals surface area contributed by atoms with Crippen molar-refractivity contribution in [3.63, 3.8) is 0 Å². The van der Waals surface area contributed by atoms with E-state index < -0.39 is 0 Å². The molecule has 0 bridgehead atoms. The molecule has 0 spiro atoms. The van der Waals surface area contributed by atoms with E-state index in [1.165, 1.54) is 5.56 Å². The van der Waals surface area contributed by atoms with Gasteiger partial charge in [0.2, 0.25) is 5.91 Å². The summed E-state index contributed by atoms with van der Waals surface area (Å²) in [5.74, 6) is 0.708. The minimum Gasteiger partial charge on any atom is -0.384 e. The average molecular weight is 256 g/mol. The second-order valence-corrected chi connectivity index (χ2v) is 4.77. The summed E-state index contributed by atoms with van der Waals surface area (Å²) in [6.07, 6.45) is 2.44. The highest BCUT2D eigenvalue weighted by atomic mass is 16.2. The number of carbonyl (C=O) groups is 1. The van der Waals surface area contributed by atoms with Crippen molar-refractivity contribution in [3.8, 4) is 0 Å². The number of hydrogen-bond acceptors (Lipinski definition) is 3. The van der Waals surface area contributed by atoms with Crippen LogP contribution in [0.3, 0.4) is 0 Å². The van der Waals surface area contributed by atoms with Crippen molar-refractivity contribution in [2.75, 3.05) is 17.2 Å². The van der Waals surface area contributed by atoms with Crippen molar-refractivity contribution in [2.24, 2.45) is 13.0 Å². The van der Waals surface area contributed by atoms with E-state index in [1.807, 2.05) is 25.2 Å². The number of anilines is 2. The van der Waals surface area contributed by atoms with Crippen LogP contribution in [0.1, 0.15) is 5.56 Å². The van der Waals surface area contributed by atoms with Crippen LogP contribution in [0.5, 0.6) is 0 Å². The van der Waals surface area contributed by atoms with E-state index in [-0.39, 0.29) is 11.8 Å². The van der Waals surface area contributed by atoms with Crippen molar-refractivity contribution in [3.05, 3.63) is 42.1 Å². The van der Waals surface area contributed by atoms with E-state index in [4.69, 9.17) is 0 Å². The van der Waals surface area contributed by atoms with Crippen molar-refractivity contribution < 1.29 is 4.79 Å². The van der Waals surface area contributed by atoms with Gasteiger partial charge in [0.15, 0.2) is 0 Å². The zero-order valence-corrected chi connectivity index (χ0v) is 10.8. The zero-order chi connectivity index (χ0) is 13.2. The van der Waals surface area contributed by atoms with Gasteiger partial charge in [-0.15, -0.1) is 0 Å². The highest BCUT2D eigenvalue weighted by Gasteiger charge is 2.24. The molecule has 5 heteroatoms. The third kappa shape index (κ3) is 2.31. The third-order valence-electron chi connectivity index (χ3n) is 3.47. The molecule has 1 amide bonds. The van der Waals surface area contributed by atoms with E-state index in [1.54, 1.807) is 16.9 Å². The molecule has 3 rings (SSSR count). The van der Waals surface area contributed by atoms with Gasteiger partial charge in [-0.2, -0.15) is 5.10 Å². The SMILES string of the molecule is Cn1nccc1NC(=O)C1CNc2ccccc2C1. The topological polar surface area (TPSA) is 59.0 Å². The summed E-state index contributed by atoms with van der Waals surface area (Å²) in [6.45, 7) is 0.667. The number of aromatic nitrogens is 2. The molecule has 98 valence electrons. The first-order chi connectivity index (χ1) is 9.24. The lowest BCUT2D eigenvalue weighted by molar-refractivity contribution is -0.119. The average Bonchev–Trinajstić information content (AvgIpc) is 2.84. The van der Waals surface area contributed by atoms with Crippen LogP contribution in [0.2, 0.25) is 0 Å². The van der Waals surface area contributed by atoms with Crippen molar-refractivity contribution in [2.45, 2.75) is 6.42 Å². The molecule has 1 unspecified atom stereocenters. The molecule has 1 aliphatic heterocycles. The number of amides is 1. The summed E-state index contributed by atoms with van der Waals surface area (Å²) in [5, 5.41) is 10.3. The molecule has 1 aromatic heterocycles. The number of nitrogens with zero attached hydrogens (tertiary/aromatic N) is 2. The fourth-order valence-corrected chi connectivity index (χ4v) is 2.35. The fourth-order valence-electron chi connectivity index (χ4n) is 2.35. The van der Waals surface area contributed by atoms with Gasteiger partial charge in [0.25, 0.3) is 0 Å². The largest absolute Gasteiger partial charge is 0.384 e. The minimum absolute atomic E-state index is 0.0330. The second kappa shape index (κ2) is 4.76. The molecule has 2 aromatic rings. The number of aryl methyl sites for hydroxylation is 1. The Morgan fingerprint density at radius 3 is 3.05 bits per heavy atom. The molecule has 0 radical (unpaired) electrons. The Kier molecular flexibility index (Phi) is 2.95. The van der Waals surface area contributed by atoms with Gasteiger partial charge in [0, 0.05) is 25.3 Å². The monoisotopic (exact) mass is 256 g/mol. The molecule has 1 aliphatic rings. The van der Waals surface area contributed by atoms with Crippen LogP contribution in [-0.2, 0) is 18.3 Å². The van der Waals surface area contributed by atoms with E-state index in [2.05, 4.69) is 21.8 Å². The maximum absolute atomic E-state index is 12.2. The van der Waals surface area contributed by atoms with Crippen LogP contribution in [0.25, 0.3) is 0 Å². The molecule has 0 aliphatic carbocycles. The normalized spacial score (nSPS) is 17.4. The lowest BCUT2D eigenvalue weighted by atomic mass is 9.93. The van der Waals surface area contributed by atoms with Crippen LogP contribution in [0.4, 0.5) is 11.5 Å². The number of hydrogen-bond donors (Lipinski definition) is 2. The highest BCUT2D eigenvalue weighted by molar-refractivity contribution is 5.92. The molecule has 0 fully saturated rings. The maximum atomic E-state index is 12.2. The molecule has 0 saturated carbocycles. The van der Waals surface area contributed by atoms with Crippen LogP contribution < -0.4 is 10.6 Å². The first kappa shape index (κ1) is 11.8. The lowest BCUT2D eigenvalue weighted by Gasteiger charge is -2.25. The second-order valence-electron chi connectivity index (χ2n) is 4.77. The molecular formula is C14H16N4O. The number of nitrogens with one attached hydrogen (secondary N) is 2. The van der Waals surface area contributed by atoms with Gasteiger partial charge in [-0.1, -0.05) is 18.2 Å². The molecule has 2 N–H and O–H groups in total. The summed E-state index contributed by atoms with van der Waals surface area (Å²) in [5.41, 5.74) is 2.32. The van der Waals surface area contributed by atoms with E-state index in [0.717, 1.165) is 17.9 Å². The lowest BCUT2D eigenvalue weighted by Crippen LogP contribution is -2.34. The Hall–Kier alpha value is -2.30. The van der Waals surface area contributed by atoms with Crippen LogP contribution in [0, 0.1) is 5.92 Å². The standard InChI is InChI=1S/C14H16N4O/c1-18-13(6-7-16-18)17-14(19)11-8-10-4-2-3-5-12(10)15-9-11/h2-7,11,15H,8-9H2,1H3,(H,17,19). The summed E-state index contributed by atoms with van der Waals surface area (Å²) in [7, 11) is 1.81. The maximum Gasteiger partial charge on any atom is 0.230 e. The van der Waals surface area contributed by atoms with E-state index in [0.29, 0.717) is 6.54 Å². The molecule has 0 saturated heterocycles. The Labute approximate surface area is 111 Å². The first-order valence-electron chi connectivity index (χ1n) is 6.34. The van der Waals surface area contributed by atoms with Crippen LogP contribution >= 0.6 is 0 Å². The molecule has 1 aromatic carbocycles. The number of para-hydroxylation sites is 1. The van der Waals surface area contributed by atoms with Gasteiger partial charge in [-0.3, -0.25) is 9.48 Å². The van der Waals surface area contributed by atoms with Crippen molar-refractivity contribution >= 4 is 17.4 Å². The number of carbonyl (C=O) groups excluding carboxylic acids is 1. The summed E-state index contributed by atoms with van der Waals surface area (Å²) in [4.78, 5) is 12.2. The summed E-state index contributed by atoms with van der Waals surface area (Å²) in [6, 6.07) is 9.91. The predicted molar refractivity (Wildman–Crippen MR) is 74.0 cm³/mol. The molecule has 5 nitrogen and oxygen atoms in total. The smallest absolute Gasteiger partial charge is 0.230 e. The Balaban J connectivity index is 1.71. The Morgan fingerprint density at radius 2 is 2.26 bits per heavy atom. The Bertz CT molecular complexity index is 605. The van der Waals surface area contributed by atoms with Gasteiger partial charge < -0.3 is 10.6 Å². The molecule has 19 heavy (non-hydrogen) atoms.